The minimum absolute atomic E-state index is 0. The molecule has 0 saturated heterocycles. The molecule has 0 aromatic carbocycles. The second-order valence-corrected chi connectivity index (χ2v) is 9.32. The Morgan fingerprint density at radius 3 is 2.67 bits per heavy atom. The lowest BCUT2D eigenvalue weighted by atomic mass is 10.1. The first-order valence-electron chi connectivity index (χ1n) is 10.3. The number of rotatable bonds is 8. The molecular formula is C21H24ClN5O5S. The molecule has 2 N–H and O–H groups in total. The van der Waals surface area contributed by atoms with Gasteiger partial charge in [0.2, 0.25) is 10.0 Å². The fourth-order valence-corrected chi connectivity index (χ4v) is 4.47. The van der Waals surface area contributed by atoms with Gasteiger partial charge in [-0.3, -0.25) is 19.7 Å². The van der Waals surface area contributed by atoms with Crippen molar-refractivity contribution < 1.29 is 17.9 Å². The molecule has 3 aromatic rings. The number of carbonyl (C=O) groups is 1. The van der Waals surface area contributed by atoms with Gasteiger partial charge in [0, 0.05) is 36.8 Å². The Balaban J connectivity index is 0.00000306. The third kappa shape index (κ3) is 6.06. The molecule has 1 fully saturated rings. The topological polar surface area (TPSA) is 136 Å². The van der Waals surface area contributed by atoms with E-state index in [-0.39, 0.29) is 34.8 Å². The molecule has 4 rings (SSSR count). The quantitative estimate of drug-likeness (QED) is 0.456. The number of carbonyl (C=O) groups excluding carboxylic acids is 1. The number of aromatic amines is 1. The predicted octanol–water partition coefficient (Wildman–Crippen LogP) is 1.73. The first-order chi connectivity index (χ1) is 15.4. The van der Waals surface area contributed by atoms with Gasteiger partial charge < -0.3 is 4.74 Å². The molecule has 3 aromatic heterocycles. The van der Waals surface area contributed by atoms with Crippen molar-refractivity contribution in [1.82, 2.24) is 24.5 Å². The highest BCUT2D eigenvalue weighted by atomic mass is 35.5. The molecule has 3 heterocycles. The van der Waals surface area contributed by atoms with E-state index in [1.165, 1.54) is 16.8 Å². The second-order valence-electron chi connectivity index (χ2n) is 7.55. The number of aromatic nitrogens is 4. The fourth-order valence-electron chi connectivity index (χ4n) is 3.56. The van der Waals surface area contributed by atoms with Crippen LogP contribution in [0.5, 0.6) is 0 Å². The molecule has 176 valence electrons. The van der Waals surface area contributed by atoms with Gasteiger partial charge in [-0.15, -0.1) is 12.4 Å². The molecule has 33 heavy (non-hydrogen) atoms. The molecular weight excluding hydrogens is 470 g/mol. The lowest BCUT2D eigenvalue weighted by molar-refractivity contribution is -0.147. The number of H-pyrrole nitrogens is 1. The highest BCUT2D eigenvalue weighted by Crippen LogP contribution is 2.21. The number of pyridine rings is 2. The number of hydrogen-bond donors (Lipinski definition) is 2. The summed E-state index contributed by atoms with van der Waals surface area (Å²) in [6, 6.07) is 6.40. The number of halogens is 1. The molecule has 0 spiro atoms. The molecule has 0 unspecified atom stereocenters. The van der Waals surface area contributed by atoms with Crippen LogP contribution in [0, 0.1) is 0 Å². The Hall–Kier alpha value is -3.02. The van der Waals surface area contributed by atoms with Crippen molar-refractivity contribution in [3.63, 3.8) is 0 Å². The minimum Gasteiger partial charge on any atom is -0.461 e. The molecule has 1 saturated carbocycles. The molecule has 0 radical (unpaired) electrons. The van der Waals surface area contributed by atoms with Crippen LogP contribution in [-0.2, 0) is 26.0 Å². The lowest BCUT2D eigenvalue weighted by Gasteiger charge is -2.12. The lowest BCUT2D eigenvalue weighted by Crippen LogP contribution is -2.32. The van der Waals surface area contributed by atoms with Gasteiger partial charge in [-0.1, -0.05) is 6.07 Å². The Morgan fingerprint density at radius 1 is 1.21 bits per heavy atom. The van der Waals surface area contributed by atoms with Crippen molar-refractivity contribution >= 4 is 28.4 Å². The predicted molar refractivity (Wildman–Crippen MR) is 122 cm³/mol. The van der Waals surface area contributed by atoms with E-state index in [9.17, 15) is 18.0 Å². The summed E-state index contributed by atoms with van der Waals surface area (Å²) in [5.41, 5.74) is 1.13. The summed E-state index contributed by atoms with van der Waals surface area (Å²) in [5, 5.41) is 2.84. The maximum atomic E-state index is 12.7. The monoisotopic (exact) mass is 493 g/mol. The van der Waals surface area contributed by atoms with E-state index in [0.29, 0.717) is 12.0 Å². The molecule has 12 heteroatoms. The highest BCUT2D eigenvalue weighted by molar-refractivity contribution is 7.89. The number of hydrogen-bond acceptors (Lipinski definition) is 7. The van der Waals surface area contributed by atoms with Crippen LogP contribution in [0.4, 0.5) is 0 Å². The van der Waals surface area contributed by atoms with Gasteiger partial charge in [0.15, 0.2) is 5.82 Å². The van der Waals surface area contributed by atoms with E-state index >= 15 is 0 Å². The van der Waals surface area contributed by atoms with Gasteiger partial charge in [0.05, 0.1) is 0 Å². The van der Waals surface area contributed by atoms with Gasteiger partial charge in [-0.05, 0) is 49.4 Å². The largest absolute Gasteiger partial charge is 0.461 e. The van der Waals surface area contributed by atoms with Crippen molar-refractivity contribution in [3.8, 4) is 5.82 Å². The van der Waals surface area contributed by atoms with Crippen molar-refractivity contribution in [2.75, 3.05) is 6.54 Å². The smallest absolute Gasteiger partial charge is 0.321 e. The van der Waals surface area contributed by atoms with Crippen LogP contribution in [0.3, 0.4) is 0 Å². The molecule has 0 bridgehead atoms. The van der Waals surface area contributed by atoms with Crippen LogP contribution in [0.1, 0.15) is 36.8 Å². The molecule has 1 aliphatic carbocycles. The summed E-state index contributed by atoms with van der Waals surface area (Å²) in [7, 11) is -3.95. The second kappa shape index (κ2) is 10.7. The van der Waals surface area contributed by atoms with Crippen LogP contribution >= 0.6 is 12.4 Å². The third-order valence-corrected chi connectivity index (χ3v) is 6.62. The maximum Gasteiger partial charge on any atom is 0.321 e. The van der Waals surface area contributed by atoms with Gasteiger partial charge >= 0.3 is 5.97 Å². The SMILES string of the molecule is Cl.O=C(CNS(=O)(=O)c1ccc(-n2[nH]cc(Cc3cccnc3)c2=O)nc1)OC1CCCC1. The molecule has 0 aliphatic heterocycles. The zero-order valence-corrected chi connectivity index (χ0v) is 19.3. The Morgan fingerprint density at radius 2 is 2.00 bits per heavy atom. The summed E-state index contributed by atoms with van der Waals surface area (Å²) in [4.78, 5) is 32.5. The van der Waals surface area contributed by atoms with E-state index in [0.717, 1.165) is 37.4 Å². The Bertz CT molecular complexity index is 1240. The van der Waals surface area contributed by atoms with Crippen molar-refractivity contribution in [2.45, 2.75) is 43.1 Å². The fraction of sp³-hybridized carbons (Fsp3) is 0.333. The van der Waals surface area contributed by atoms with E-state index in [1.807, 2.05) is 6.07 Å². The molecule has 10 nitrogen and oxygen atoms in total. The Labute approximate surface area is 196 Å². The normalized spacial score (nSPS) is 14.1. The highest BCUT2D eigenvalue weighted by Gasteiger charge is 2.22. The van der Waals surface area contributed by atoms with E-state index in [1.54, 1.807) is 24.7 Å². The average molecular weight is 494 g/mol. The van der Waals surface area contributed by atoms with Crippen molar-refractivity contribution in [3.05, 3.63) is 70.5 Å². The number of esters is 1. The summed E-state index contributed by atoms with van der Waals surface area (Å²) < 4.78 is 33.6. The Kier molecular flexibility index (Phi) is 8.01. The zero-order chi connectivity index (χ0) is 22.6. The zero-order valence-electron chi connectivity index (χ0n) is 17.6. The summed E-state index contributed by atoms with van der Waals surface area (Å²) >= 11 is 0. The molecule has 0 amide bonds. The van der Waals surface area contributed by atoms with Gasteiger partial charge in [-0.2, -0.15) is 4.72 Å². The molecule has 1 aliphatic rings. The van der Waals surface area contributed by atoms with E-state index in [4.69, 9.17) is 4.74 Å². The maximum absolute atomic E-state index is 12.7. The van der Waals surface area contributed by atoms with Crippen LogP contribution in [-0.4, -0.2) is 46.8 Å². The summed E-state index contributed by atoms with van der Waals surface area (Å²) in [6.07, 6.45) is 9.98. The number of nitrogens with zero attached hydrogens (tertiary/aromatic N) is 3. The van der Waals surface area contributed by atoms with Crippen LogP contribution in [0.2, 0.25) is 0 Å². The van der Waals surface area contributed by atoms with Gasteiger partial charge in [0.1, 0.15) is 17.5 Å². The third-order valence-electron chi connectivity index (χ3n) is 5.23. The minimum atomic E-state index is -3.95. The number of ether oxygens (including phenoxy) is 1. The van der Waals surface area contributed by atoms with Crippen LogP contribution < -0.4 is 10.3 Å². The van der Waals surface area contributed by atoms with Crippen molar-refractivity contribution in [1.29, 1.82) is 0 Å². The molecule has 0 atom stereocenters. The van der Waals surface area contributed by atoms with Gasteiger partial charge in [-0.25, -0.2) is 18.1 Å². The van der Waals surface area contributed by atoms with Crippen LogP contribution in [0.15, 0.2) is 58.7 Å². The average Bonchev–Trinajstić information content (AvgIpc) is 3.43. The first kappa shape index (κ1) is 24.6. The summed E-state index contributed by atoms with van der Waals surface area (Å²) in [5.74, 6) is -0.365. The van der Waals surface area contributed by atoms with E-state index < -0.39 is 22.5 Å². The standard InChI is InChI=1S/C21H23N5O5S.ClH/c27-20(31-17-5-1-2-6-17)14-25-32(29,30)18-7-8-19(23-13-18)26-21(28)16(12-24-26)10-15-4-3-9-22-11-15;/h3-4,7-9,11-13,17,24-25H,1-2,5-6,10,14H2;1H. The van der Waals surface area contributed by atoms with Gasteiger partial charge in [0.25, 0.3) is 5.56 Å². The first-order valence-corrected chi connectivity index (χ1v) is 11.7. The number of nitrogens with one attached hydrogen (secondary N) is 2. The summed E-state index contributed by atoms with van der Waals surface area (Å²) in [6.45, 7) is -0.450. The van der Waals surface area contributed by atoms with E-state index in [2.05, 4.69) is 19.8 Å². The van der Waals surface area contributed by atoms with Crippen molar-refractivity contribution in [2.24, 2.45) is 0 Å². The van der Waals surface area contributed by atoms with Crippen LogP contribution in [0.25, 0.3) is 5.82 Å². The number of sulfonamides is 1.